The molecule has 0 aliphatic carbocycles. The van der Waals surface area contributed by atoms with Crippen molar-refractivity contribution in [3.63, 3.8) is 0 Å². The molecule has 4 radical (unpaired) electrons. The molecule has 0 bridgehead atoms. The summed E-state index contributed by atoms with van der Waals surface area (Å²) in [6, 6.07) is 32.3. The first-order chi connectivity index (χ1) is 26.7. The first-order valence-electron chi connectivity index (χ1n) is 17.1. The van der Waals surface area contributed by atoms with Gasteiger partial charge in [-0.1, -0.05) is 78.2 Å². The Morgan fingerprint density at radius 2 is 0.883 bits per heavy atom. The van der Waals surface area contributed by atoms with E-state index in [9.17, 15) is 19.2 Å². The summed E-state index contributed by atoms with van der Waals surface area (Å²) in [6.07, 6.45) is 5.76. The summed E-state index contributed by atoms with van der Waals surface area (Å²) in [7, 11) is 6.68. The molecule has 0 atom stereocenters. The number of aromatic nitrogens is 4. The van der Waals surface area contributed by atoms with Crippen LogP contribution in [0.3, 0.4) is 0 Å². The van der Waals surface area contributed by atoms with Gasteiger partial charge in [0.2, 0.25) is 5.56 Å². The maximum Gasteiger partial charge on any atom is 2.00 e. The second-order valence-corrected chi connectivity index (χ2v) is 12.6. The molecule has 0 aliphatic rings. The van der Waals surface area contributed by atoms with Crippen LogP contribution in [0.2, 0.25) is 0 Å². The number of para-hydroxylation sites is 2. The molecule has 4 heterocycles. The van der Waals surface area contributed by atoms with Gasteiger partial charge in [-0.25, -0.2) is 16.6 Å². The molecule has 0 saturated carbocycles. The number of hydrogen-bond acceptors (Lipinski definition) is 4. The van der Waals surface area contributed by atoms with Crippen LogP contribution in [-0.2, 0) is 102 Å². The van der Waals surface area contributed by atoms with Gasteiger partial charge in [0.15, 0.2) is 11.1 Å². The van der Waals surface area contributed by atoms with Gasteiger partial charge in [0.05, 0.1) is 5.56 Å². The van der Waals surface area contributed by atoms with Crippen molar-refractivity contribution in [1.82, 2.24) is 18.3 Å². The molecule has 0 aliphatic heterocycles. The first kappa shape index (κ1) is 53.0. The van der Waals surface area contributed by atoms with E-state index < -0.39 is 0 Å². The topological polar surface area (TPSA) is 88.0 Å². The zero-order valence-corrected chi connectivity index (χ0v) is 38.7. The summed E-state index contributed by atoms with van der Waals surface area (Å²) in [5.74, 6) is 0. The van der Waals surface area contributed by atoms with E-state index in [1.807, 2.05) is 72.8 Å². The van der Waals surface area contributed by atoms with Crippen molar-refractivity contribution in [2.75, 3.05) is 0 Å². The van der Waals surface area contributed by atoms with Gasteiger partial charge in [-0.05, 0) is 30.5 Å². The van der Waals surface area contributed by atoms with Crippen molar-refractivity contribution in [1.29, 1.82) is 0 Å². The number of fused-ring (bicyclic) bond motifs is 4. The van der Waals surface area contributed by atoms with Crippen LogP contribution in [-0.4, -0.2) is 18.3 Å². The Bertz CT molecular complexity index is 3310. The Balaban J connectivity index is 0.000000391. The van der Waals surface area contributed by atoms with Crippen molar-refractivity contribution < 1.29 is 74.2 Å². The Labute approximate surface area is 395 Å². The standard InChI is InChI=1S/4C12H9NO.4V/c1-8-9(2)13(3)12(14)11-7-5-4-6-10(8)11;1-8-9(2)12(14)13(3)11-7-5-4-6-10(8)11;1-3-9-8-13(2)12(14)11-7-5-4-6-10(9)11;1-3-9-8-12(14)13(2)11-7-5-4-6-10(9)11;;;;/h2*1-2,4-7H,3H3;2*1,3-7H,2H3;;;;/q4*-2;4*+2. The predicted molar refractivity (Wildman–Crippen MR) is 228 cm³/mol. The third-order valence-corrected chi connectivity index (χ3v) is 9.25. The zero-order chi connectivity index (χ0) is 40.8. The summed E-state index contributed by atoms with van der Waals surface area (Å²) in [5, 5.41) is 5.84. The van der Waals surface area contributed by atoms with E-state index in [1.54, 1.807) is 57.0 Å². The minimum atomic E-state index is -0.249. The van der Waals surface area contributed by atoms with Crippen LogP contribution >= 0.6 is 0 Å². The molecule has 0 unspecified atom stereocenters. The monoisotopic (exact) mass is 936 g/mol. The minimum Gasteiger partial charge on any atom is -0.415 e. The van der Waals surface area contributed by atoms with E-state index in [2.05, 4.69) is 12.3 Å². The molecule has 8 aromatic rings. The fraction of sp³-hybridized carbons (Fsp3) is 0.0833. The molecule has 12 heteroatoms. The first-order valence-corrected chi connectivity index (χ1v) is 17.1. The Morgan fingerprint density at radius 1 is 0.450 bits per heavy atom. The maximum absolute atomic E-state index is 11.7. The average molecular weight is 937 g/mol. The smallest absolute Gasteiger partial charge is 0.415 e. The summed E-state index contributed by atoms with van der Waals surface area (Å²) in [4.78, 5) is 46.4. The number of benzene rings is 4. The van der Waals surface area contributed by atoms with Crippen LogP contribution in [0.1, 0.15) is 11.1 Å². The van der Waals surface area contributed by atoms with E-state index in [0.29, 0.717) is 37.5 Å². The summed E-state index contributed by atoms with van der Waals surface area (Å²) in [6.45, 7) is 33.7. The fourth-order valence-corrected chi connectivity index (χ4v) is 6.06. The van der Waals surface area contributed by atoms with Crippen LogP contribution in [0.15, 0.2) is 116 Å². The predicted octanol–water partition coefficient (Wildman–Crippen LogP) is 3.79. The number of pyridine rings is 4. The van der Waals surface area contributed by atoms with Gasteiger partial charge in [0.25, 0.3) is 0 Å². The normalized spacial score (nSPS) is 9.80. The molecular formula is C48H36N4O4V4. The van der Waals surface area contributed by atoms with Crippen molar-refractivity contribution in [3.05, 3.63) is 196 Å². The second-order valence-electron chi connectivity index (χ2n) is 12.6. The van der Waals surface area contributed by atoms with Crippen LogP contribution in [0, 0.1) is 25.4 Å². The van der Waals surface area contributed by atoms with Gasteiger partial charge in [-0.15, -0.1) is 24.3 Å². The molecule has 0 amide bonds. The van der Waals surface area contributed by atoms with Crippen molar-refractivity contribution in [2.24, 2.45) is 28.2 Å². The van der Waals surface area contributed by atoms with E-state index >= 15 is 0 Å². The van der Waals surface area contributed by atoms with Gasteiger partial charge in [0, 0.05) is 14.1 Å². The van der Waals surface area contributed by atoms with Gasteiger partial charge in [0.1, 0.15) is 0 Å². The van der Waals surface area contributed by atoms with Crippen molar-refractivity contribution in [3.8, 4) is 0 Å². The molecule has 8 rings (SSSR count). The molecule has 4 aromatic carbocycles. The van der Waals surface area contributed by atoms with Crippen LogP contribution in [0.25, 0.3) is 81.8 Å². The number of aryl methyl sites for hydroxylation is 3. The fourth-order valence-electron chi connectivity index (χ4n) is 6.06. The third-order valence-electron chi connectivity index (χ3n) is 9.25. The van der Waals surface area contributed by atoms with E-state index in [-0.39, 0.29) is 102 Å². The number of nitrogens with zero attached hydrogens (tertiary/aromatic N) is 4. The Kier molecular flexibility index (Phi) is 20.4. The molecule has 0 spiro atoms. The van der Waals surface area contributed by atoms with Crippen LogP contribution in [0.4, 0.5) is 0 Å². The average Bonchev–Trinajstić information content (AvgIpc) is 3.23. The van der Waals surface area contributed by atoms with Gasteiger partial charge < -0.3 is 77.1 Å². The van der Waals surface area contributed by atoms with E-state index in [4.69, 9.17) is 39.5 Å². The van der Waals surface area contributed by atoms with Gasteiger partial charge >= 0.3 is 74.2 Å². The number of rotatable bonds is 2. The molecule has 60 heavy (non-hydrogen) atoms. The SMILES string of the molecule is [CH-]=Cc1[c-]c(=O)n(C)c2ccccc12.[CH-]=Cc1[c-]n(C)c(=O)c2ccccc12.[CH-]=c1c(=[CH-])c2ccccc2n(C)c1=O.[CH-]=c1c(=[CH-])n(C)c(=O)c2ccccc12.[V+2].[V+2].[V+2].[V+2]. The quantitative estimate of drug-likeness (QED) is 0.247. The molecule has 4 aromatic heterocycles. The summed E-state index contributed by atoms with van der Waals surface area (Å²) in [5.41, 5.74) is 2.49. The Morgan fingerprint density at radius 3 is 1.42 bits per heavy atom. The minimum absolute atomic E-state index is 0. The van der Waals surface area contributed by atoms with Crippen molar-refractivity contribution in [2.45, 2.75) is 0 Å². The molecule has 0 saturated heterocycles. The summed E-state index contributed by atoms with van der Waals surface area (Å²) < 4.78 is 5.84. The van der Waals surface area contributed by atoms with E-state index in [0.717, 1.165) is 32.8 Å². The maximum atomic E-state index is 11.7. The van der Waals surface area contributed by atoms with Crippen molar-refractivity contribution >= 4 is 81.8 Å². The van der Waals surface area contributed by atoms with E-state index in [1.165, 1.54) is 25.9 Å². The largest absolute Gasteiger partial charge is 2.00 e. The molecule has 0 fully saturated rings. The third kappa shape index (κ3) is 10.8. The van der Waals surface area contributed by atoms with Gasteiger partial charge in [-0.3, -0.25) is 33.5 Å². The second kappa shape index (κ2) is 23.1. The zero-order valence-electron chi connectivity index (χ0n) is 33.1. The van der Waals surface area contributed by atoms with Crippen LogP contribution in [0.5, 0.6) is 0 Å². The summed E-state index contributed by atoms with van der Waals surface area (Å²) >= 11 is 0. The van der Waals surface area contributed by atoms with Crippen LogP contribution < -0.4 is 43.2 Å². The molecular weight excluding hydrogens is 900 g/mol. The molecule has 8 nitrogen and oxygen atoms in total. The molecule has 292 valence electrons. The van der Waals surface area contributed by atoms with Gasteiger partial charge in [-0.2, -0.15) is 27.7 Å². The Hall–Kier alpha value is -4.98. The molecule has 0 N–H and O–H groups in total. The number of hydrogen-bond donors (Lipinski definition) is 0.